The van der Waals surface area contributed by atoms with Crippen LogP contribution in [0.15, 0.2) is 42.5 Å². The number of benzene rings is 1. The Morgan fingerprint density at radius 3 is 2.04 bits per heavy atom. The molecule has 3 heterocycles. The zero-order valence-electron chi connectivity index (χ0n) is 15.9. The van der Waals surface area contributed by atoms with Gasteiger partial charge in [-0.3, -0.25) is 0 Å². The Morgan fingerprint density at radius 2 is 1.37 bits per heavy atom. The third kappa shape index (κ3) is 4.87. The van der Waals surface area contributed by atoms with E-state index >= 15 is 0 Å². The topological polar surface area (TPSA) is 44.8 Å². The van der Waals surface area contributed by atoms with Crippen molar-refractivity contribution in [2.45, 2.75) is 88.0 Å². The van der Waals surface area contributed by atoms with Crippen LogP contribution in [-0.2, 0) is 25.4 Å². The monoisotopic (exact) mass is 370 g/mol. The van der Waals surface area contributed by atoms with E-state index in [2.05, 4.69) is 42.5 Å². The maximum atomic E-state index is 10.9. The molecular formula is C23H30O4. The number of aryl methyl sites for hydroxylation is 1. The van der Waals surface area contributed by atoms with Gasteiger partial charge in [-0.15, -0.1) is 0 Å². The Labute approximate surface area is 161 Å². The molecule has 1 aromatic rings. The quantitative estimate of drug-likeness (QED) is 0.537. The van der Waals surface area contributed by atoms with Gasteiger partial charge in [0.1, 0.15) is 12.4 Å². The fourth-order valence-electron chi connectivity index (χ4n) is 4.55. The average molecular weight is 370 g/mol. The van der Waals surface area contributed by atoms with Crippen molar-refractivity contribution in [2.75, 3.05) is 0 Å². The van der Waals surface area contributed by atoms with Crippen molar-refractivity contribution in [2.24, 2.45) is 0 Å². The first-order valence-electron chi connectivity index (χ1n) is 10.4. The first-order chi connectivity index (χ1) is 13.3. The molecule has 0 radical (unpaired) electrons. The molecule has 0 amide bonds. The van der Waals surface area contributed by atoms with Gasteiger partial charge in [0.25, 0.3) is 0 Å². The van der Waals surface area contributed by atoms with E-state index in [9.17, 15) is 4.79 Å². The number of rotatable bonds is 7. The normalized spacial score (nSPS) is 36.6. The minimum atomic E-state index is -0.231. The van der Waals surface area contributed by atoms with E-state index in [1.54, 1.807) is 0 Å². The Bertz CT molecular complexity index is 629. The van der Waals surface area contributed by atoms with Crippen molar-refractivity contribution in [3.05, 3.63) is 48.0 Å². The summed E-state index contributed by atoms with van der Waals surface area (Å²) in [5.74, 6) is 0. The van der Waals surface area contributed by atoms with E-state index < -0.39 is 0 Å². The second kappa shape index (κ2) is 9.13. The molecule has 0 aliphatic carbocycles. The van der Waals surface area contributed by atoms with Gasteiger partial charge in [-0.05, 0) is 56.9 Å². The van der Waals surface area contributed by atoms with Gasteiger partial charge in [-0.2, -0.15) is 0 Å². The predicted octanol–water partition coefficient (Wildman–Crippen LogP) is 4.02. The van der Waals surface area contributed by atoms with Crippen molar-refractivity contribution >= 4 is 6.29 Å². The lowest BCUT2D eigenvalue weighted by atomic mass is 10.0. The van der Waals surface area contributed by atoms with Crippen LogP contribution in [0.1, 0.15) is 50.5 Å². The second-order valence-electron chi connectivity index (χ2n) is 7.96. The third-order valence-corrected chi connectivity index (χ3v) is 6.03. The number of carbonyl (C=O) groups excluding carboxylic acids is 1. The molecule has 4 heteroatoms. The van der Waals surface area contributed by atoms with Crippen LogP contribution >= 0.6 is 0 Å². The van der Waals surface area contributed by atoms with Gasteiger partial charge >= 0.3 is 0 Å². The molecule has 27 heavy (non-hydrogen) atoms. The molecular weight excluding hydrogens is 340 g/mol. The zero-order chi connectivity index (χ0) is 18.5. The Hall–Kier alpha value is -1.49. The molecule has 3 aliphatic rings. The van der Waals surface area contributed by atoms with E-state index in [0.29, 0.717) is 0 Å². The van der Waals surface area contributed by atoms with Crippen molar-refractivity contribution in [1.29, 1.82) is 0 Å². The van der Waals surface area contributed by atoms with Gasteiger partial charge < -0.3 is 19.0 Å². The van der Waals surface area contributed by atoms with Crippen LogP contribution in [0, 0.1) is 0 Å². The molecule has 6 atom stereocenters. The number of allylic oxidation sites excluding steroid dienone is 1. The Morgan fingerprint density at radius 1 is 0.778 bits per heavy atom. The van der Waals surface area contributed by atoms with E-state index in [1.165, 1.54) is 5.56 Å². The van der Waals surface area contributed by atoms with E-state index in [1.807, 2.05) is 0 Å². The molecule has 146 valence electrons. The number of ether oxygens (including phenoxy) is 3. The molecule has 3 saturated heterocycles. The fraction of sp³-hybridized carbons (Fsp3) is 0.609. The van der Waals surface area contributed by atoms with Crippen LogP contribution < -0.4 is 0 Å². The summed E-state index contributed by atoms with van der Waals surface area (Å²) in [7, 11) is 0. The van der Waals surface area contributed by atoms with Gasteiger partial charge in [0.05, 0.1) is 30.5 Å². The Kier molecular flexibility index (Phi) is 6.38. The highest BCUT2D eigenvalue weighted by Gasteiger charge is 2.41. The number of hydrogen-bond acceptors (Lipinski definition) is 4. The molecule has 0 aromatic heterocycles. The molecule has 0 N–H and O–H groups in total. The molecule has 0 saturated carbocycles. The number of aldehydes is 1. The lowest BCUT2D eigenvalue weighted by molar-refractivity contribution is -0.125. The maximum absolute atomic E-state index is 10.9. The SMILES string of the molecule is O=C[C@@H]1CC[C@H]([C@H]2CC[C@H]([C@H]3CC[C@H](/C=C/CCc4ccccc4)O3)O2)O1. The summed E-state index contributed by atoms with van der Waals surface area (Å²) in [6.07, 6.45) is 14.0. The summed E-state index contributed by atoms with van der Waals surface area (Å²) in [5.41, 5.74) is 1.38. The molecule has 4 rings (SSSR count). The summed E-state index contributed by atoms with van der Waals surface area (Å²) in [4.78, 5) is 10.9. The van der Waals surface area contributed by atoms with E-state index in [-0.39, 0.29) is 36.6 Å². The summed E-state index contributed by atoms with van der Waals surface area (Å²) in [6, 6.07) is 10.6. The highest BCUT2D eigenvalue weighted by atomic mass is 16.6. The molecule has 0 unspecified atom stereocenters. The molecule has 0 bridgehead atoms. The van der Waals surface area contributed by atoms with Gasteiger partial charge in [0, 0.05) is 0 Å². The van der Waals surface area contributed by atoms with Crippen LogP contribution in [0.4, 0.5) is 0 Å². The standard InChI is InChI=1S/C23H30O4/c24-16-19-11-13-21(26-19)23-15-14-22(27-23)20-12-10-18(25-20)9-5-4-8-17-6-2-1-3-7-17/h1-3,5-7,9,16,18-23H,4,8,10-15H2/b9-5+/t18-,19-,20+,21+,22+,23+/m0/s1. The molecule has 0 spiro atoms. The van der Waals surface area contributed by atoms with Crippen molar-refractivity contribution < 1.29 is 19.0 Å². The minimum Gasteiger partial charge on any atom is -0.370 e. The molecule has 4 nitrogen and oxygen atoms in total. The van der Waals surface area contributed by atoms with Crippen LogP contribution in [0.5, 0.6) is 0 Å². The smallest absolute Gasteiger partial charge is 0.148 e. The largest absolute Gasteiger partial charge is 0.370 e. The second-order valence-corrected chi connectivity index (χ2v) is 7.96. The summed E-state index contributed by atoms with van der Waals surface area (Å²) < 4.78 is 18.3. The first kappa shape index (κ1) is 18.9. The highest BCUT2D eigenvalue weighted by Crippen LogP contribution is 2.36. The van der Waals surface area contributed by atoms with Crippen molar-refractivity contribution in [3.8, 4) is 0 Å². The number of hydrogen-bond donors (Lipinski definition) is 0. The summed E-state index contributed by atoms with van der Waals surface area (Å²) in [6.45, 7) is 0. The fourth-order valence-corrected chi connectivity index (χ4v) is 4.55. The lowest BCUT2D eigenvalue weighted by Crippen LogP contribution is -2.31. The summed E-state index contributed by atoms with van der Waals surface area (Å²) >= 11 is 0. The lowest BCUT2D eigenvalue weighted by Gasteiger charge is -2.22. The van der Waals surface area contributed by atoms with Gasteiger partial charge in [0.2, 0.25) is 0 Å². The molecule has 3 aliphatic heterocycles. The van der Waals surface area contributed by atoms with Gasteiger partial charge in [-0.1, -0.05) is 42.5 Å². The highest BCUT2D eigenvalue weighted by molar-refractivity contribution is 5.56. The van der Waals surface area contributed by atoms with Gasteiger partial charge in [0.15, 0.2) is 0 Å². The van der Waals surface area contributed by atoms with Crippen molar-refractivity contribution in [1.82, 2.24) is 0 Å². The summed E-state index contributed by atoms with van der Waals surface area (Å²) in [5, 5.41) is 0. The molecule has 3 fully saturated rings. The van der Waals surface area contributed by atoms with Gasteiger partial charge in [-0.25, -0.2) is 0 Å². The third-order valence-electron chi connectivity index (χ3n) is 6.03. The first-order valence-corrected chi connectivity index (χ1v) is 10.4. The van der Waals surface area contributed by atoms with Crippen molar-refractivity contribution in [3.63, 3.8) is 0 Å². The Balaban J connectivity index is 1.18. The van der Waals surface area contributed by atoms with E-state index in [4.69, 9.17) is 14.2 Å². The van der Waals surface area contributed by atoms with E-state index in [0.717, 1.165) is 57.7 Å². The van der Waals surface area contributed by atoms with Crippen LogP contribution in [-0.4, -0.2) is 42.9 Å². The maximum Gasteiger partial charge on any atom is 0.148 e. The minimum absolute atomic E-state index is 0.0836. The molecule has 1 aromatic carbocycles. The van der Waals surface area contributed by atoms with Crippen LogP contribution in [0.25, 0.3) is 0 Å². The van der Waals surface area contributed by atoms with Crippen LogP contribution in [0.2, 0.25) is 0 Å². The number of carbonyl (C=O) groups is 1. The predicted molar refractivity (Wildman–Crippen MR) is 104 cm³/mol. The van der Waals surface area contributed by atoms with Crippen LogP contribution in [0.3, 0.4) is 0 Å². The average Bonchev–Trinajstić information content (AvgIpc) is 3.45. The zero-order valence-corrected chi connectivity index (χ0v) is 15.9.